The van der Waals surface area contributed by atoms with E-state index in [-0.39, 0.29) is 6.42 Å². The van der Waals surface area contributed by atoms with Crippen LogP contribution in [0.1, 0.15) is 5.56 Å². The fourth-order valence-corrected chi connectivity index (χ4v) is 4.50. The molecule has 1 N–H and O–H groups in total. The molecule has 0 saturated carbocycles. The maximum atomic E-state index is 12.8. The molecule has 2 aromatic carbocycles. The molecule has 0 aliphatic carbocycles. The number of nitrogens with zero attached hydrogens (tertiary/aromatic N) is 2. The molecule has 1 heterocycles. The summed E-state index contributed by atoms with van der Waals surface area (Å²) in [4.78, 5) is 13.8. The highest BCUT2D eigenvalue weighted by molar-refractivity contribution is 9.10. The number of carboxylic acids is 1. The molecule has 25 heavy (non-hydrogen) atoms. The Bertz CT molecular complexity index is 791. The van der Waals surface area contributed by atoms with Crippen molar-refractivity contribution in [3.05, 3.63) is 58.6 Å². The molecule has 132 valence electrons. The third-order valence-electron chi connectivity index (χ3n) is 4.10. The molecule has 0 bridgehead atoms. The molecule has 5 nitrogen and oxygen atoms in total. The van der Waals surface area contributed by atoms with Gasteiger partial charge in [-0.2, -0.15) is 0 Å². The van der Waals surface area contributed by atoms with E-state index in [0.717, 1.165) is 23.2 Å². The number of anilines is 1. The number of carboxylic acid groups (broad SMARTS) is 1. The Morgan fingerprint density at radius 3 is 2.48 bits per heavy atom. The second-order valence-electron chi connectivity index (χ2n) is 5.86. The average molecular weight is 423 g/mol. The number of halogens is 1. The van der Waals surface area contributed by atoms with Gasteiger partial charge >= 0.3 is 5.97 Å². The zero-order chi connectivity index (χ0) is 17.8. The number of hydrogen-bond donors (Lipinski definition) is 1. The van der Waals surface area contributed by atoms with Crippen molar-refractivity contribution in [3.8, 4) is 0 Å². The second-order valence-corrected chi connectivity index (χ2v) is 8.26. The Balaban J connectivity index is 1.64. The lowest BCUT2D eigenvalue weighted by molar-refractivity contribution is -0.136. The van der Waals surface area contributed by atoms with E-state index in [1.165, 1.54) is 0 Å². The van der Waals surface area contributed by atoms with Crippen molar-refractivity contribution in [1.29, 1.82) is 0 Å². The average Bonchev–Trinajstić information content (AvgIpc) is 2.61. The van der Waals surface area contributed by atoms with E-state index in [9.17, 15) is 9.00 Å². The summed E-state index contributed by atoms with van der Waals surface area (Å²) in [7, 11) is -1.27. The van der Waals surface area contributed by atoms with Crippen LogP contribution >= 0.6 is 15.9 Å². The van der Waals surface area contributed by atoms with Gasteiger partial charge in [0.05, 0.1) is 11.3 Å². The quantitative estimate of drug-likeness (QED) is 0.804. The van der Waals surface area contributed by atoms with Crippen LogP contribution in [0.25, 0.3) is 0 Å². The first kappa shape index (κ1) is 18.1. The van der Waals surface area contributed by atoms with Crippen LogP contribution in [0.3, 0.4) is 0 Å². The van der Waals surface area contributed by atoms with Gasteiger partial charge in [-0.05, 0) is 35.9 Å². The number of aliphatic carboxylic acids is 1. The first-order valence-corrected chi connectivity index (χ1v) is 9.91. The second kappa shape index (κ2) is 8.12. The molecule has 3 rings (SSSR count). The third kappa shape index (κ3) is 4.68. The van der Waals surface area contributed by atoms with Crippen LogP contribution in [-0.4, -0.2) is 45.8 Å². The topological polar surface area (TPSA) is 60.9 Å². The summed E-state index contributed by atoms with van der Waals surface area (Å²) >= 11 is 3.49. The molecule has 7 heteroatoms. The predicted octanol–water partition coefficient (Wildman–Crippen LogP) is 2.92. The molecule has 0 radical (unpaired) electrons. The smallest absolute Gasteiger partial charge is 0.307 e. The fourth-order valence-electron chi connectivity index (χ4n) is 2.87. The van der Waals surface area contributed by atoms with Crippen molar-refractivity contribution in [1.82, 2.24) is 4.31 Å². The van der Waals surface area contributed by atoms with Crippen LogP contribution < -0.4 is 4.90 Å². The molecule has 1 atom stereocenters. The summed E-state index contributed by atoms with van der Waals surface area (Å²) in [5.74, 6) is -0.884. The standard InChI is InChI=1S/C18H19BrN2O3S/c19-15-4-2-5-16(13-15)20-7-9-21(10-8-20)25(24)17-6-1-3-14(11-17)12-18(22)23/h1-6,11,13H,7-10,12H2,(H,22,23). The first-order valence-electron chi connectivity index (χ1n) is 8.01. The van der Waals surface area contributed by atoms with Gasteiger partial charge in [0, 0.05) is 36.3 Å². The monoisotopic (exact) mass is 422 g/mol. The molecule has 1 saturated heterocycles. The SMILES string of the molecule is O=C(O)Cc1cccc(S(=O)N2CCN(c3cccc(Br)c3)CC2)c1. The Morgan fingerprint density at radius 1 is 1.08 bits per heavy atom. The molecular formula is C18H19BrN2O3S. The van der Waals surface area contributed by atoms with Crippen LogP contribution in [0.2, 0.25) is 0 Å². The minimum atomic E-state index is -1.27. The van der Waals surface area contributed by atoms with Gasteiger partial charge < -0.3 is 10.0 Å². The Labute approximate surface area is 158 Å². The normalized spacial score (nSPS) is 16.6. The van der Waals surface area contributed by atoms with Crippen molar-refractivity contribution in [2.75, 3.05) is 31.1 Å². The minimum Gasteiger partial charge on any atom is -0.481 e. The maximum Gasteiger partial charge on any atom is 0.307 e. The van der Waals surface area contributed by atoms with Gasteiger partial charge in [-0.15, -0.1) is 0 Å². The van der Waals surface area contributed by atoms with Crippen molar-refractivity contribution in [3.63, 3.8) is 0 Å². The van der Waals surface area contributed by atoms with E-state index >= 15 is 0 Å². The van der Waals surface area contributed by atoms with Crippen LogP contribution in [0.5, 0.6) is 0 Å². The Hall–Kier alpha value is -1.70. The number of carbonyl (C=O) groups is 1. The van der Waals surface area contributed by atoms with Crippen molar-refractivity contribution >= 4 is 38.6 Å². The molecule has 1 aliphatic rings. The van der Waals surface area contributed by atoms with Crippen LogP contribution in [0.4, 0.5) is 5.69 Å². The van der Waals surface area contributed by atoms with E-state index in [1.54, 1.807) is 24.3 Å². The summed E-state index contributed by atoms with van der Waals surface area (Å²) in [6.45, 7) is 3.00. The summed E-state index contributed by atoms with van der Waals surface area (Å²) in [6, 6.07) is 15.2. The van der Waals surface area contributed by atoms with Crippen molar-refractivity contribution in [2.24, 2.45) is 0 Å². The lowest BCUT2D eigenvalue weighted by atomic mass is 10.2. The Kier molecular flexibility index (Phi) is 5.88. The van der Waals surface area contributed by atoms with Crippen LogP contribution in [-0.2, 0) is 22.2 Å². The highest BCUT2D eigenvalue weighted by atomic mass is 79.9. The number of hydrogen-bond acceptors (Lipinski definition) is 3. The molecule has 1 unspecified atom stereocenters. The van der Waals surface area contributed by atoms with E-state index < -0.39 is 17.0 Å². The first-order chi connectivity index (χ1) is 12.0. The van der Waals surface area contributed by atoms with E-state index in [1.807, 2.05) is 16.4 Å². The van der Waals surface area contributed by atoms with Gasteiger partial charge in [0.1, 0.15) is 11.0 Å². The lowest BCUT2D eigenvalue weighted by Gasteiger charge is -2.35. The molecule has 1 aliphatic heterocycles. The lowest BCUT2D eigenvalue weighted by Crippen LogP contribution is -2.46. The van der Waals surface area contributed by atoms with Crippen LogP contribution in [0, 0.1) is 0 Å². The highest BCUT2D eigenvalue weighted by Crippen LogP contribution is 2.22. The summed E-state index contributed by atoms with van der Waals surface area (Å²) < 4.78 is 15.8. The number of benzene rings is 2. The zero-order valence-electron chi connectivity index (χ0n) is 13.6. The predicted molar refractivity (Wildman–Crippen MR) is 102 cm³/mol. The summed E-state index contributed by atoms with van der Waals surface area (Å²) in [6.07, 6.45) is -0.0539. The molecular weight excluding hydrogens is 404 g/mol. The van der Waals surface area contributed by atoms with Gasteiger partial charge in [-0.3, -0.25) is 4.79 Å². The minimum absolute atomic E-state index is 0.0539. The number of piperazine rings is 1. The van der Waals surface area contributed by atoms with Gasteiger partial charge in [0.2, 0.25) is 0 Å². The molecule has 2 aromatic rings. The molecule has 1 fully saturated rings. The van der Waals surface area contributed by atoms with E-state index in [4.69, 9.17) is 5.11 Å². The third-order valence-corrected chi connectivity index (χ3v) is 6.09. The fraction of sp³-hybridized carbons (Fsp3) is 0.278. The van der Waals surface area contributed by atoms with Crippen molar-refractivity contribution in [2.45, 2.75) is 11.3 Å². The van der Waals surface area contributed by atoms with Gasteiger partial charge in [0.15, 0.2) is 0 Å². The number of rotatable bonds is 5. The zero-order valence-corrected chi connectivity index (χ0v) is 16.0. The molecule has 0 aromatic heterocycles. The van der Waals surface area contributed by atoms with Gasteiger partial charge in [-0.25, -0.2) is 8.51 Å². The molecule has 0 spiro atoms. The van der Waals surface area contributed by atoms with E-state index in [0.29, 0.717) is 23.5 Å². The largest absolute Gasteiger partial charge is 0.481 e. The maximum absolute atomic E-state index is 12.8. The highest BCUT2D eigenvalue weighted by Gasteiger charge is 2.22. The van der Waals surface area contributed by atoms with Gasteiger partial charge in [-0.1, -0.05) is 34.1 Å². The summed E-state index contributed by atoms with van der Waals surface area (Å²) in [5, 5.41) is 8.91. The van der Waals surface area contributed by atoms with Gasteiger partial charge in [0.25, 0.3) is 0 Å². The Morgan fingerprint density at radius 2 is 1.80 bits per heavy atom. The van der Waals surface area contributed by atoms with Crippen molar-refractivity contribution < 1.29 is 14.1 Å². The van der Waals surface area contributed by atoms with E-state index in [2.05, 4.69) is 33.0 Å². The summed E-state index contributed by atoms with van der Waals surface area (Å²) in [5.41, 5.74) is 1.83. The van der Waals surface area contributed by atoms with Crippen LogP contribution in [0.15, 0.2) is 57.9 Å². The molecule has 0 amide bonds.